The molecule has 0 radical (unpaired) electrons. The third kappa shape index (κ3) is 8.73. The summed E-state index contributed by atoms with van der Waals surface area (Å²) in [7, 11) is 0. The molecule has 2 rings (SSSR count). The zero-order chi connectivity index (χ0) is 21.6. The van der Waals surface area contributed by atoms with Gasteiger partial charge in [0.1, 0.15) is 12.2 Å². The molecule has 0 heterocycles. The van der Waals surface area contributed by atoms with Crippen LogP contribution in [0.2, 0.25) is 0 Å². The highest BCUT2D eigenvalue weighted by Crippen LogP contribution is 2.37. The van der Waals surface area contributed by atoms with Crippen molar-refractivity contribution in [3.05, 3.63) is 0 Å². The van der Waals surface area contributed by atoms with Crippen LogP contribution in [0.15, 0.2) is 0 Å². The lowest BCUT2D eigenvalue weighted by Gasteiger charge is -2.39. The van der Waals surface area contributed by atoms with E-state index in [1.54, 1.807) is 0 Å². The van der Waals surface area contributed by atoms with Gasteiger partial charge in [0.25, 0.3) is 0 Å². The molecule has 0 amide bonds. The summed E-state index contributed by atoms with van der Waals surface area (Å²) in [5.41, 5.74) is 0. The zero-order valence-corrected chi connectivity index (χ0v) is 19.1. The van der Waals surface area contributed by atoms with E-state index in [2.05, 4.69) is 13.8 Å². The Hall–Kier alpha value is -1.46. The van der Waals surface area contributed by atoms with Crippen LogP contribution in [0.4, 0.5) is 9.59 Å². The molecule has 0 aromatic heterocycles. The molecule has 0 aliphatic heterocycles. The van der Waals surface area contributed by atoms with Gasteiger partial charge in [0, 0.05) is 0 Å². The number of rotatable bonds is 11. The minimum atomic E-state index is -0.636. The van der Waals surface area contributed by atoms with Crippen LogP contribution in [0.5, 0.6) is 0 Å². The number of unbranched alkanes of at least 4 members (excludes halogenated alkanes) is 2. The van der Waals surface area contributed by atoms with Crippen LogP contribution < -0.4 is 0 Å². The molecule has 2 atom stereocenters. The lowest BCUT2D eigenvalue weighted by molar-refractivity contribution is -0.104. The predicted octanol–water partition coefficient (Wildman–Crippen LogP) is 6.79. The highest BCUT2D eigenvalue weighted by Gasteiger charge is 2.41. The summed E-state index contributed by atoms with van der Waals surface area (Å²) in [6.45, 7) is 4.83. The van der Waals surface area contributed by atoms with Crippen molar-refractivity contribution in [3.8, 4) is 0 Å². The molecule has 2 fully saturated rings. The molecule has 0 saturated heterocycles. The smallest absolute Gasteiger partial charge is 0.434 e. The predicted molar refractivity (Wildman–Crippen MR) is 115 cm³/mol. The Balaban J connectivity index is 2.11. The highest BCUT2D eigenvalue weighted by molar-refractivity contribution is 5.61. The highest BCUT2D eigenvalue weighted by atomic mass is 16.8. The molecule has 2 saturated carbocycles. The first-order valence-corrected chi connectivity index (χ1v) is 12.3. The molecule has 2 aliphatic rings. The Labute approximate surface area is 182 Å². The minimum absolute atomic E-state index is 0.202. The van der Waals surface area contributed by atoms with E-state index in [9.17, 15) is 9.59 Å². The van der Waals surface area contributed by atoms with E-state index in [0.29, 0.717) is 13.2 Å². The summed E-state index contributed by atoms with van der Waals surface area (Å²) in [6.07, 6.45) is 12.2. The minimum Gasteiger partial charge on any atom is -0.434 e. The van der Waals surface area contributed by atoms with Crippen molar-refractivity contribution in [3.63, 3.8) is 0 Å². The normalized spacial score (nSPS) is 20.2. The Morgan fingerprint density at radius 2 is 1.03 bits per heavy atom. The van der Waals surface area contributed by atoms with Crippen LogP contribution >= 0.6 is 0 Å². The van der Waals surface area contributed by atoms with Crippen LogP contribution in [0.25, 0.3) is 0 Å². The molecule has 2 aliphatic carbocycles. The molecule has 6 heteroatoms. The maximum absolute atomic E-state index is 12.4. The second-order valence-corrected chi connectivity index (χ2v) is 8.87. The van der Waals surface area contributed by atoms with Crippen molar-refractivity contribution in [1.29, 1.82) is 0 Å². The number of hydrogen-bond acceptors (Lipinski definition) is 6. The molecule has 30 heavy (non-hydrogen) atoms. The molecule has 0 aromatic carbocycles. The molecule has 174 valence electrons. The summed E-state index contributed by atoms with van der Waals surface area (Å²) >= 11 is 0. The van der Waals surface area contributed by atoms with Crippen molar-refractivity contribution in [2.45, 2.75) is 116 Å². The van der Waals surface area contributed by atoms with Crippen molar-refractivity contribution in [2.24, 2.45) is 11.8 Å². The average Bonchev–Trinajstić information content (AvgIpc) is 2.78. The van der Waals surface area contributed by atoms with Crippen molar-refractivity contribution < 1.29 is 28.5 Å². The van der Waals surface area contributed by atoms with Gasteiger partial charge in [0.2, 0.25) is 0 Å². The lowest BCUT2D eigenvalue weighted by Crippen LogP contribution is -2.46. The summed E-state index contributed by atoms with van der Waals surface area (Å²) in [5.74, 6) is 0.403. The van der Waals surface area contributed by atoms with Gasteiger partial charge in [-0.1, -0.05) is 65.2 Å². The second kappa shape index (κ2) is 14.5. The summed E-state index contributed by atoms with van der Waals surface area (Å²) < 4.78 is 22.4. The monoisotopic (exact) mass is 426 g/mol. The molecule has 6 nitrogen and oxygen atoms in total. The van der Waals surface area contributed by atoms with E-state index in [0.717, 1.165) is 77.0 Å². The number of hydrogen-bond donors (Lipinski definition) is 0. The van der Waals surface area contributed by atoms with Gasteiger partial charge in [-0.3, -0.25) is 0 Å². The quantitative estimate of drug-likeness (QED) is 0.267. The fraction of sp³-hybridized carbons (Fsp3) is 0.917. The molecule has 0 spiro atoms. The fourth-order valence-electron chi connectivity index (χ4n) is 4.68. The van der Waals surface area contributed by atoms with Gasteiger partial charge in [0.15, 0.2) is 0 Å². The maximum atomic E-state index is 12.4. The first-order valence-electron chi connectivity index (χ1n) is 12.3. The van der Waals surface area contributed by atoms with Gasteiger partial charge < -0.3 is 18.9 Å². The zero-order valence-electron chi connectivity index (χ0n) is 19.1. The Morgan fingerprint density at radius 3 is 1.37 bits per heavy atom. The van der Waals surface area contributed by atoms with Crippen molar-refractivity contribution in [2.75, 3.05) is 13.2 Å². The summed E-state index contributed by atoms with van der Waals surface area (Å²) in [5, 5.41) is 0. The SMILES string of the molecule is CCCCOC(=O)OC(C1CCCCC1)C(OC(=O)OCCCC)C1CCCCC1. The van der Waals surface area contributed by atoms with Crippen LogP contribution in [-0.4, -0.2) is 37.7 Å². The second-order valence-electron chi connectivity index (χ2n) is 8.87. The fourth-order valence-corrected chi connectivity index (χ4v) is 4.68. The number of ether oxygens (including phenoxy) is 4. The first kappa shape index (κ1) is 24.8. The largest absolute Gasteiger partial charge is 0.508 e. The van der Waals surface area contributed by atoms with Gasteiger partial charge in [-0.2, -0.15) is 0 Å². The number of carbonyl (C=O) groups excluding carboxylic acids is 2. The van der Waals surface area contributed by atoms with Gasteiger partial charge in [0.05, 0.1) is 13.2 Å². The Bertz CT molecular complexity index is 438. The van der Waals surface area contributed by atoms with Crippen LogP contribution in [0.1, 0.15) is 104 Å². The topological polar surface area (TPSA) is 71.1 Å². The molecule has 0 bridgehead atoms. The van der Waals surface area contributed by atoms with Gasteiger partial charge in [-0.15, -0.1) is 0 Å². The number of carbonyl (C=O) groups is 2. The van der Waals surface area contributed by atoms with Gasteiger partial charge >= 0.3 is 12.3 Å². The van der Waals surface area contributed by atoms with Gasteiger partial charge in [-0.05, 0) is 50.4 Å². The Kier molecular flexibility index (Phi) is 12.0. The van der Waals surface area contributed by atoms with E-state index in [1.807, 2.05) is 0 Å². The van der Waals surface area contributed by atoms with E-state index >= 15 is 0 Å². The molecule has 0 N–H and O–H groups in total. The van der Waals surface area contributed by atoms with Crippen molar-refractivity contribution in [1.82, 2.24) is 0 Å². The molecule has 0 aromatic rings. The van der Waals surface area contributed by atoms with Gasteiger partial charge in [-0.25, -0.2) is 9.59 Å². The summed E-state index contributed by atoms with van der Waals surface area (Å²) in [6, 6.07) is 0. The van der Waals surface area contributed by atoms with E-state index < -0.39 is 24.5 Å². The van der Waals surface area contributed by atoms with Crippen LogP contribution in [0, 0.1) is 11.8 Å². The lowest BCUT2D eigenvalue weighted by atomic mass is 9.76. The third-order valence-corrected chi connectivity index (χ3v) is 6.45. The van der Waals surface area contributed by atoms with E-state index in [-0.39, 0.29) is 11.8 Å². The Morgan fingerprint density at radius 1 is 0.667 bits per heavy atom. The maximum Gasteiger partial charge on any atom is 0.508 e. The average molecular weight is 427 g/mol. The third-order valence-electron chi connectivity index (χ3n) is 6.45. The molecular weight excluding hydrogens is 384 g/mol. The summed E-state index contributed by atoms with van der Waals surface area (Å²) in [4.78, 5) is 24.9. The van der Waals surface area contributed by atoms with Crippen molar-refractivity contribution >= 4 is 12.3 Å². The van der Waals surface area contributed by atoms with E-state index in [4.69, 9.17) is 18.9 Å². The first-order chi connectivity index (χ1) is 14.7. The van der Waals surface area contributed by atoms with E-state index in [1.165, 1.54) is 12.8 Å². The standard InChI is InChI=1S/C24H42O6/c1-3-5-17-27-23(25)29-21(19-13-9-7-10-14-19)22(20-15-11-8-12-16-20)30-24(26)28-18-6-4-2/h19-22H,3-18H2,1-2H3. The van der Waals surface area contributed by atoms with Crippen LogP contribution in [-0.2, 0) is 18.9 Å². The molecular formula is C24H42O6. The molecule has 2 unspecified atom stereocenters. The van der Waals surface area contributed by atoms with Crippen LogP contribution in [0.3, 0.4) is 0 Å².